The molecule has 0 radical (unpaired) electrons. The number of rotatable bonds is 3. The van der Waals surface area contributed by atoms with Crippen molar-refractivity contribution in [2.75, 3.05) is 11.4 Å². The number of hydrogen-bond acceptors (Lipinski definition) is 3. The molecule has 7 heteroatoms. The molecule has 0 spiro atoms. The molecule has 1 saturated heterocycles. The van der Waals surface area contributed by atoms with Crippen LogP contribution in [-0.2, 0) is 4.79 Å². The van der Waals surface area contributed by atoms with Gasteiger partial charge in [0.1, 0.15) is 11.6 Å². The van der Waals surface area contributed by atoms with Crippen LogP contribution in [0.1, 0.15) is 24.3 Å². The highest BCUT2D eigenvalue weighted by atomic mass is 35.5. The van der Waals surface area contributed by atoms with Crippen LogP contribution in [0.5, 0.6) is 0 Å². The average molecular weight is 371 g/mol. The second-order valence-electron chi connectivity index (χ2n) is 6.28. The molecule has 0 bridgehead atoms. The highest BCUT2D eigenvalue weighted by Crippen LogP contribution is 2.33. The van der Waals surface area contributed by atoms with Gasteiger partial charge in [-0.05, 0) is 42.2 Å². The van der Waals surface area contributed by atoms with Crippen LogP contribution in [0.2, 0.25) is 5.02 Å². The number of hydrogen-bond donors (Lipinski definition) is 1. The topological polar surface area (TPSA) is 61.9 Å². The van der Waals surface area contributed by atoms with Gasteiger partial charge in [-0.1, -0.05) is 17.7 Å². The van der Waals surface area contributed by atoms with Gasteiger partial charge in [-0.25, -0.2) is 4.39 Å². The second kappa shape index (κ2) is 6.88. The molecule has 1 aliphatic heterocycles. The van der Waals surface area contributed by atoms with E-state index in [9.17, 15) is 9.18 Å². The molecule has 1 amide bonds. The van der Waals surface area contributed by atoms with E-state index >= 15 is 0 Å². The lowest BCUT2D eigenvalue weighted by atomic mass is 9.89. The number of aromatic nitrogens is 3. The Morgan fingerprint density at radius 1 is 1.19 bits per heavy atom. The van der Waals surface area contributed by atoms with Crippen LogP contribution in [0.25, 0.3) is 11.3 Å². The van der Waals surface area contributed by atoms with Gasteiger partial charge in [0.25, 0.3) is 0 Å². The number of anilines is 1. The first kappa shape index (κ1) is 16.7. The van der Waals surface area contributed by atoms with Crippen molar-refractivity contribution < 1.29 is 9.18 Å². The lowest BCUT2D eigenvalue weighted by molar-refractivity contribution is -0.120. The summed E-state index contributed by atoms with van der Waals surface area (Å²) in [5.74, 6) is 0.201. The van der Waals surface area contributed by atoms with E-state index in [1.165, 1.54) is 6.07 Å². The Kier molecular flexibility index (Phi) is 4.42. The maximum atomic E-state index is 13.7. The van der Waals surface area contributed by atoms with Crippen LogP contribution in [0.4, 0.5) is 10.2 Å². The zero-order valence-corrected chi connectivity index (χ0v) is 14.6. The smallest absolute Gasteiger partial charge is 0.228 e. The van der Waals surface area contributed by atoms with E-state index < -0.39 is 5.82 Å². The molecular formula is C19H16ClFN4O. The Balaban J connectivity index is 1.50. The zero-order valence-electron chi connectivity index (χ0n) is 13.8. The first-order valence-electron chi connectivity index (χ1n) is 8.33. The molecule has 3 heterocycles. The number of aromatic amines is 1. The Morgan fingerprint density at radius 2 is 2.00 bits per heavy atom. The SMILES string of the molecule is O=C1CC(c2ccc(Cl)c(F)c2)CCN1c1cc(-c2ccncc2)n[nH]1. The molecule has 3 aromatic rings. The zero-order chi connectivity index (χ0) is 18.1. The Hall–Kier alpha value is -2.73. The first-order valence-corrected chi connectivity index (χ1v) is 8.71. The van der Waals surface area contributed by atoms with Crippen LogP contribution in [-0.4, -0.2) is 27.6 Å². The Labute approximate surface area is 154 Å². The van der Waals surface area contributed by atoms with Crippen molar-refractivity contribution in [3.63, 3.8) is 0 Å². The summed E-state index contributed by atoms with van der Waals surface area (Å²) >= 11 is 5.74. The number of amides is 1. The lowest BCUT2D eigenvalue weighted by Gasteiger charge is -2.30. The van der Waals surface area contributed by atoms with Gasteiger partial charge in [-0.3, -0.25) is 19.8 Å². The summed E-state index contributed by atoms with van der Waals surface area (Å²) in [6, 6.07) is 10.3. The fraction of sp³-hybridized carbons (Fsp3) is 0.211. The lowest BCUT2D eigenvalue weighted by Crippen LogP contribution is -2.38. The molecule has 26 heavy (non-hydrogen) atoms. The third-order valence-electron chi connectivity index (χ3n) is 4.67. The van der Waals surface area contributed by atoms with Crippen LogP contribution in [0, 0.1) is 5.82 Å². The van der Waals surface area contributed by atoms with Gasteiger partial charge in [0, 0.05) is 37.0 Å². The molecule has 2 aromatic heterocycles. The van der Waals surface area contributed by atoms with Gasteiger partial charge in [0.15, 0.2) is 0 Å². The summed E-state index contributed by atoms with van der Waals surface area (Å²) in [6.45, 7) is 0.547. The van der Waals surface area contributed by atoms with Crippen LogP contribution in [0.3, 0.4) is 0 Å². The van der Waals surface area contributed by atoms with E-state index in [-0.39, 0.29) is 16.8 Å². The minimum Gasteiger partial charge on any atom is -0.297 e. The van der Waals surface area contributed by atoms with Crippen molar-refractivity contribution >= 4 is 23.3 Å². The van der Waals surface area contributed by atoms with Crippen molar-refractivity contribution in [2.24, 2.45) is 0 Å². The summed E-state index contributed by atoms with van der Waals surface area (Å²) in [4.78, 5) is 18.3. The number of H-pyrrole nitrogens is 1. The normalized spacial score (nSPS) is 17.5. The first-order chi connectivity index (χ1) is 12.6. The fourth-order valence-corrected chi connectivity index (χ4v) is 3.38. The molecular weight excluding hydrogens is 355 g/mol. The molecule has 0 aliphatic carbocycles. The molecule has 1 atom stereocenters. The number of halogens is 2. The molecule has 1 unspecified atom stereocenters. The van der Waals surface area contributed by atoms with E-state index in [1.807, 2.05) is 18.2 Å². The van der Waals surface area contributed by atoms with E-state index in [0.29, 0.717) is 18.8 Å². The highest BCUT2D eigenvalue weighted by Gasteiger charge is 2.29. The van der Waals surface area contributed by atoms with Crippen molar-refractivity contribution in [3.8, 4) is 11.3 Å². The maximum Gasteiger partial charge on any atom is 0.228 e. The maximum absolute atomic E-state index is 13.7. The summed E-state index contributed by atoms with van der Waals surface area (Å²) in [5.41, 5.74) is 2.50. The van der Waals surface area contributed by atoms with Gasteiger partial charge in [0.05, 0.1) is 10.7 Å². The predicted molar refractivity (Wildman–Crippen MR) is 97.6 cm³/mol. The summed E-state index contributed by atoms with van der Waals surface area (Å²) in [6.07, 6.45) is 4.47. The quantitative estimate of drug-likeness (QED) is 0.752. The van der Waals surface area contributed by atoms with Crippen molar-refractivity contribution in [1.82, 2.24) is 15.2 Å². The molecule has 4 rings (SSSR count). The minimum absolute atomic E-state index is 0.00638. The molecule has 1 N–H and O–H groups in total. The molecule has 5 nitrogen and oxygen atoms in total. The number of pyridine rings is 1. The van der Waals surface area contributed by atoms with Gasteiger partial charge in [0.2, 0.25) is 5.91 Å². The number of carbonyl (C=O) groups excluding carboxylic acids is 1. The Bertz CT molecular complexity index is 944. The second-order valence-corrected chi connectivity index (χ2v) is 6.69. The number of nitrogens with one attached hydrogen (secondary N) is 1. The summed E-state index contributed by atoms with van der Waals surface area (Å²) in [7, 11) is 0. The summed E-state index contributed by atoms with van der Waals surface area (Å²) < 4.78 is 13.7. The van der Waals surface area contributed by atoms with Crippen LogP contribution in [0.15, 0.2) is 48.8 Å². The van der Waals surface area contributed by atoms with Gasteiger partial charge < -0.3 is 0 Å². The molecule has 1 fully saturated rings. The van der Waals surface area contributed by atoms with Crippen molar-refractivity contribution in [3.05, 3.63) is 65.2 Å². The average Bonchev–Trinajstić information content (AvgIpc) is 3.14. The van der Waals surface area contributed by atoms with Crippen LogP contribution >= 0.6 is 11.6 Å². The third kappa shape index (κ3) is 3.20. The number of piperidine rings is 1. The molecule has 1 aromatic carbocycles. The number of nitrogens with zero attached hydrogens (tertiary/aromatic N) is 3. The standard InChI is InChI=1S/C19H16ClFN4O/c20-15-2-1-13(9-16(15)21)14-5-8-25(19(26)10-14)18-11-17(23-24-18)12-3-6-22-7-4-12/h1-4,6-7,9,11,14H,5,8,10H2,(H,23,24). The largest absolute Gasteiger partial charge is 0.297 e. The van der Waals surface area contributed by atoms with Gasteiger partial charge in [-0.15, -0.1) is 0 Å². The highest BCUT2D eigenvalue weighted by molar-refractivity contribution is 6.30. The third-order valence-corrected chi connectivity index (χ3v) is 4.98. The van der Waals surface area contributed by atoms with Gasteiger partial charge in [-0.2, -0.15) is 5.10 Å². The van der Waals surface area contributed by atoms with E-state index in [1.54, 1.807) is 29.4 Å². The van der Waals surface area contributed by atoms with Crippen LogP contribution < -0.4 is 4.90 Å². The predicted octanol–water partition coefficient (Wildman–Crippen LogP) is 4.17. The summed E-state index contributed by atoms with van der Waals surface area (Å²) in [5, 5.41) is 7.31. The Morgan fingerprint density at radius 3 is 2.73 bits per heavy atom. The molecule has 1 aliphatic rings. The van der Waals surface area contributed by atoms with E-state index in [2.05, 4.69) is 15.2 Å². The number of carbonyl (C=O) groups is 1. The fourth-order valence-electron chi connectivity index (χ4n) is 3.26. The van der Waals surface area contributed by atoms with Crippen molar-refractivity contribution in [2.45, 2.75) is 18.8 Å². The van der Waals surface area contributed by atoms with Crippen molar-refractivity contribution in [1.29, 1.82) is 0 Å². The molecule has 132 valence electrons. The van der Waals surface area contributed by atoms with Gasteiger partial charge >= 0.3 is 0 Å². The minimum atomic E-state index is -0.449. The monoisotopic (exact) mass is 370 g/mol. The molecule has 0 saturated carbocycles. The number of benzene rings is 1. The van der Waals surface area contributed by atoms with E-state index in [4.69, 9.17) is 11.6 Å². The van der Waals surface area contributed by atoms with E-state index in [0.717, 1.165) is 23.2 Å².